The van der Waals surface area contributed by atoms with Gasteiger partial charge in [0.05, 0.1) is 0 Å². The third-order valence-corrected chi connectivity index (χ3v) is 5.44. The molecular formula is C27H21N. The van der Waals surface area contributed by atoms with Gasteiger partial charge < -0.3 is 5.73 Å². The van der Waals surface area contributed by atoms with Gasteiger partial charge in [0.25, 0.3) is 0 Å². The Bertz CT molecular complexity index is 1270. The van der Waals surface area contributed by atoms with Crippen molar-refractivity contribution in [1.82, 2.24) is 0 Å². The van der Waals surface area contributed by atoms with Crippen LogP contribution in [0.1, 0.15) is 17.5 Å². The lowest BCUT2D eigenvalue weighted by Crippen LogP contribution is -1.90. The van der Waals surface area contributed by atoms with Crippen LogP contribution in [0.5, 0.6) is 0 Å². The fourth-order valence-electron chi connectivity index (χ4n) is 4.02. The zero-order valence-corrected chi connectivity index (χ0v) is 15.6. The molecule has 0 aromatic heterocycles. The van der Waals surface area contributed by atoms with E-state index in [1.54, 1.807) is 0 Å². The van der Waals surface area contributed by atoms with Gasteiger partial charge in [-0.1, -0.05) is 85.0 Å². The van der Waals surface area contributed by atoms with E-state index in [0.29, 0.717) is 0 Å². The molecule has 4 aromatic rings. The Morgan fingerprint density at radius 1 is 0.714 bits per heavy atom. The highest BCUT2D eigenvalue weighted by Gasteiger charge is 2.11. The summed E-state index contributed by atoms with van der Waals surface area (Å²) >= 11 is 0. The summed E-state index contributed by atoms with van der Waals surface area (Å²) in [6.07, 6.45) is 9.84. The second-order valence-electron chi connectivity index (χ2n) is 7.24. The smallest absolute Gasteiger partial charge is 0.0314 e. The number of hydrogen-bond donors (Lipinski definition) is 1. The van der Waals surface area contributed by atoms with Crippen molar-refractivity contribution >= 4 is 38.4 Å². The Labute approximate surface area is 165 Å². The fraction of sp³-hybridized carbons (Fsp3) is 0.0370. The summed E-state index contributed by atoms with van der Waals surface area (Å²) in [4.78, 5) is 0. The van der Waals surface area contributed by atoms with Crippen LogP contribution in [0.25, 0.3) is 32.7 Å². The van der Waals surface area contributed by atoms with Crippen LogP contribution in [-0.4, -0.2) is 0 Å². The molecule has 0 radical (unpaired) electrons. The van der Waals surface area contributed by atoms with Crippen molar-refractivity contribution in [3.63, 3.8) is 0 Å². The molecule has 1 aliphatic carbocycles. The van der Waals surface area contributed by atoms with Gasteiger partial charge in [0.1, 0.15) is 0 Å². The minimum Gasteiger partial charge on any atom is -0.399 e. The van der Waals surface area contributed by atoms with Crippen molar-refractivity contribution in [3.05, 3.63) is 114 Å². The molecule has 2 N–H and O–H groups in total. The quantitative estimate of drug-likeness (QED) is 0.302. The van der Waals surface area contributed by atoms with E-state index in [4.69, 9.17) is 5.73 Å². The van der Waals surface area contributed by atoms with E-state index >= 15 is 0 Å². The molecule has 28 heavy (non-hydrogen) atoms. The van der Waals surface area contributed by atoms with E-state index in [-0.39, 0.29) is 0 Å². The van der Waals surface area contributed by atoms with Crippen LogP contribution in [0.2, 0.25) is 0 Å². The van der Waals surface area contributed by atoms with Crippen LogP contribution in [0, 0.1) is 0 Å². The summed E-state index contributed by atoms with van der Waals surface area (Å²) in [7, 11) is 0. The maximum atomic E-state index is 5.88. The lowest BCUT2D eigenvalue weighted by Gasteiger charge is -2.13. The van der Waals surface area contributed by atoms with Gasteiger partial charge in [0, 0.05) is 5.69 Å². The van der Waals surface area contributed by atoms with Crippen molar-refractivity contribution in [2.24, 2.45) is 0 Å². The van der Waals surface area contributed by atoms with Crippen LogP contribution < -0.4 is 5.73 Å². The maximum Gasteiger partial charge on any atom is 0.0314 e. The Morgan fingerprint density at radius 3 is 2.25 bits per heavy atom. The number of hydrogen-bond acceptors (Lipinski definition) is 1. The average Bonchev–Trinajstić information content (AvgIpc) is 3.00. The molecule has 1 aliphatic rings. The lowest BCUT2D eigenvalue weighted by atomic mass is 9.91. The van der Waals surface area contributed by atoms with Gasteiger partial charge in [0.15, 0.2) is 0 Å². The predicted octanol–water partition coefficient (Wildman–Crippen LogP) is 7.00. The number of nitrogens with two attached hydrogens (primary N) is 1. The SMILES string of the molecule is Nc1ccc(C2=CC(c3cc4ccccc4c4ccccc34)=CC=CC2)cc1. The third-order valence-electron chi connectivity index (χ3n) is 5.44. The standard InChI is InChI=1S/C27H21N/c28-23-15-13-19(14-16-23)20-7-1-2-8-21(17-20)27-18-22-9-3-4-10-24(22)25-11-5-6-12-26(25)27/h1-6,8-18H,7,28H2. The van der Waals surface area contributed by atoms with Crippen LogP contribution in [-0.2, 0) is 0 Å². The van der Waals surface area contributed by atoms with E-state index in [9.17, 15) is 0 Å². The van der Waals surface area contributed by atoms with E-state index in [2.05, 4.69) is 91.0 Å². The Balaban J connectivity index is 1.73. The molecule has 4 aromatic carbocycles. The molecular weight excluding hydrogens is 338 g/mol. The number of rotatable bonds is 2. The molecule has 1 nitrogen and oxygen atoms in total. The zero-order chi connectivity index (χ0) is 18.9. The maximum absolute atomic E-state index is 5.88. The summed E-state index contributed by atoms with van der Waals surface area (Å²) in [5.74, 6) is 0. The predicted molar refractivity (Wildman–Crippen MR) is 122 cm³/mol. The second-order valence-corrected chi connectivity index (χ2v) is 7.24. The van der Waals surface area contributed by atoms with Crippen LogP contribution >= 0.6 is 0 Å². The van der Waals surface area contributed by atoms with Gasteiger partial charge in [-0.3, -0.25) is 0 Å². The van der Waals surface area contributed by atoms with E-state index in [1.807, 2.05) is 12.1 Å². The van der Waals surface area contributed by atoms with Crippen molar-refractivity contribution < 1.29 is 0 Å². The molecule has 5 rings (SSSR count). The van der Waals surface area contributed by atoms with Crippen molar-refractivity contribution in [2.75, 3.05) is 5.73 Å². The molecule has 0 bridgehead atoms. The first-order valence-electron chi connectivity index (χ1n) is 9.64. The van der Waals surface area contributed by atoms with Crippen molar-refractivity contribution in [3.8, 4) is 0 Å². The van der Waals surface area contributed by atoms with Crippen LogP contribution in [0.4, 0.5) is 5.69 Å². The minimum absolute atomic E-state index is 0.796. The van der Waals surface area contributed by atoms with Gasteiger partial charge in [-0.05, 0) is 68.4 Å². The third kappa shape index (κ3) is 2.91. The highest BCUT2D eigenvalue weighted by Crippen LogP contribution is 2.35. The normalized spacial score (nSPS) is 14.0. The van der Waals surface area contributed by atoms with E-state index < -0.39 is 0 Å². The first kappa shape index (κ1) is 16.6. The van der Waals surface area contributed by atoms with Gasteiger partial charge in [-0.15, -0.1) is 0 Å². The minimum atomic E-state index is 0.796. The molecule has 134 valence electrons. The number of allylic oxidation sites excluding steroid dienone is 6. The number of fused-ring (bicyclic) bond motifs is 3. The lowest BCUT2D eigenvalue weighted by molar-refractivity contribution is 1.40. The van der Waals surface area contributed by atoms with Gasteiger partial charge in [-0.2, -0.15) is 0 Å². The molecule has 0 amide bonds. The molecule has 0 atom stereocenters. The summed E-state index contributed by atoms with van der Waals surface area (Å²) in [5, 5.41) is 5.16. The highest BCUT2D eigenvalue weighted by molar-refractivity contribution is 6.13. The van der Waals surface area contributed by atoms with Gasteiger partial charge in [0.2, 0.25) is 0 Å². The molecule has 0 heterocycles. The molecule has 0 fully saturated rings. The molecule has 0 spiro atoms. The summed E-state index contributed by atoms with van der Waals surface area (Å²) in [6.45, 7) is 0. The first-order chi connectivity index (χ1) is 13.8. The highest BCUT2D eigenvalue weighted by atomic mass is 14.5. The average molecular weight is 359 g/mol. The molecule has 0 aliphatic heterocycles. The second kappa shape index (κ2) is 6.86. The first-order valence-corrected chi connectivity index (χ1v) is 9.64. The molecule has 0 saturated carbocycles. The largest absolute Gasteiger partial charge is 0.399 e. The summed E-state index contributed by atoms with van der Waals surface area (Å²) < 4.78 is 0. The van der Waals surface area contributed by atoms with E-state index in [0.717, 1.165) is 12.1 Å². The van der Waals surface area contributed by atoms with Crippen molar-refractivity contribution in [2.45, 2.75) is 6.42 Å². The van der Waals surface area contributed by atoms with Gasteiger partial charge in [-0.25, -0.2) is 0 Å². The van der Waals surface area contributed by atoms with Crippen molar-refractivity contribution in [1.29, 1.82) is 0 Å². The van der Waals surface area contributed by atoms with Crippen LogP contribution in [0.15, 0.2) is 103 Å². The van der Waals surface area contributed by atoms with Gasteiger partial charge >= 0.3 is 0 Å². The monoisotopic (exact) mass is 359 g/mol. The number of anilines is 1. The van der Waals surface area contributed by atoms with Crippen LogP contribution in [0.3, 0.4) is 0 Å². The Kier molecular flexibility index (Phi) is 4.06. The molecule has 0 saturated heterocycles. The molecule has 0 unspecified atom stereocenters. The fourth-order valence-corrected chi connectivity index (χ4v) is 4.02. The summed E-state index contributed by atoms with van der Waals surface area (Å²) in [6, 6.07) is 27.8. The summed E-state index contributed by atoms with van der Waals surface area (Å²) in [5.41, 5.74) is 11.7. The Morgan fingerprint density at radius 2 is 1.43 bits per heavy atom. The number of nitrogen functional groups attached to an aromatic ring is 1. The van der Waals surface area contributed by atoms with E-state index in [1.165, 1.54) is 43.8 Å². The molecule has 1 heteroatoms. The zero-order valence-electron chi connectivity index (χ0n) is 15.6. The number of benzene rings is 4. The Hall–Kier alpha value is -3.58. The topological polar surface area (TPSA) is 26.0 Å².